The molecule has 0 aromatic carbocycles. The van der Waals surface area contributed by atoms with Crippen molar-refractivity contribution in [3.05, 3.63) is 12.4 Å². The van der Waals surface area contributed by atoms with E-state index in [-0.39, 0.29) is 5.92 Å². The standard InChI is InChI=1S/C22H33N5O3/c28-21(27-12-6-22(7-13-27)29-14-15-30-22)18-4-10-26(11-5-18)20-16-19(23-17-24-20)25-8-2-1-3-9-25/h16-18H,1-15H2. The normalized spacial score (nSPS) is 25.1. The first-order chi connectivity index (χ1) is 14.7. The van der Waals surface area contributed by atoms with Gasteiger partial charge in [0.1, 0.15) is 18.0 Å². The average molecular weight is 416 g/mol. The van der Waals surface area contributed by atoms with Crippen LogP contribution in [0.3, 0.4) is 0 Å². The van der Waals surface area contributed by atoms with Crippen molar-refractivity contribution in [1.82, 2.24) is 14.9 Å². The molecule has 5 heterocycles. The van der Waals surface area contributed by atoms with E-state index >= 15 is 0 Å². The monoisotopic (exact) mass is 415 g/mol. The molecule has 0 N–H and O–H groups in total. The lowest BCUT2D eigenvalue weighted by Crippen LogP contribution is -2.50. The topological polar surface area (TPSA) is 71.0 Å². The SMILES string of the molecule is O=C(C1CCN(c2cc(N3CCCCC3)ncn2)CC1)N1CCC2(CC1)OCCO2. The predicted molar refractivity (Wildman–Crippen MR) is 113 cm³/mol. The summed E-state index contributed by atoms with van der Waals surface area (Å²) in [5.74, 6) is 2.03. The average Bonchev–Trinajstić information content (AvgIpc) is 3.28. The Morgan fingerprint density at radius 3 is 2.10 bits per heavy atom. The molecule has 1 aromatic rings. The molecular weight excluding hydrogens is 382 g/mol. The Balaban J connectivity index is 1.14. The summed E-state index contributed by atoms with van der Waals surface area (Å²) in [7, 11) is 0. The van der Waals surface area contributed by atoms with Gasteiger partial charge in [-0.25, -0.2) is 9.97 Å². The van der Waals surface area contributed by atoms with E-state index in [4.69, 9.17) is 9.47 Å². The van der Waals surface area contributed by atoms with Crippen molar-refractivity contribution in [3.63, 3.8) is 0 Å². The van der Waals surface area contributed by atoms with Gasteiger partial charge in [-0.15, -0.1) is 0 Å². The van der Waals surface area contributed by atoms with Crippen molar-refractivity contribution in [2.24, 2.45) is 5.92 Å². The molecule has 4 fully saturated rings. The first-order valence-corrected chi connectivity index (χ1v) is 11.6. The zero-order valence-corrected chi connectivity index (χ0v) is 17.8. The minimum Gasteiger partial charge on any atom is -0.356 e. The fourth-order valence-electron chi connectivity index (χ4n) is 5.27. The van der Waals surface area contributed by atoms with Crippen molar-refractivity contribution >= 4 is 17.5 Å². The summed E-state index contributed by atoms with van der Waals surface area (Å²) in [5, 5.41) is 0. The second-order valence-corrected chi connectivity index (χ2v) is 8.98. The van der Waals surface area contributed by atoms with Crippen LogP contribution in [0.25, 0.3) is 0 Å². The van der Waals surface area contributed by atoms with E-state index in [1.54, 1.807) is 6.33 Å². The predicted octanol–water partition coefficient (Wildman–Crippen LogP) is 2.05. The fourth-order valence-corrected chi connectivity index (χ4v) is 5.27. The van der Waals surface area contributed by atoms with Crippen molar-refractivity contribution < 1.29 is 14.3 Å². The van der Waals surface area contributed by atoms with Crippen LogP contribution >= 0.6 is 0 Å². The van der Waals surface area contributed by atoms with Crippen LogP contribution in [0.2, 0.25) is 0 Å². The van der Waals surface area contributed by atoms with E-state index in [0.717, 1.165) is 76.6 Å². The van der Waals surface area contributed by atoms with E-state index in [9.17, 15) is 4.79 Å². The maximum Gasteiger partial charge on any atom is 0.225 e. The Hall–Kier alpha value is -1.93. The summed E-state index contributed by atoms with van der Waals surface area (Å²) in [6.45, 7) is 6.74. The van der Waals surface area contributed by atoms with Crippen LogP contribution in [-0.4, -0.2) is 79.0 Å². The van der Waals surface area contributed by atoms with Crippen LogP contribution in [0.4, 0.5) is 11.6 Å². The molecule has 1 amide bonds. The highest BCUT2D eigenvalue weighted by Gasteiger charge is 2.42. The molecule has 5 rings (SSSR count). The summed E-state index contributed by atoms with van der Waals surface area (Å²) >= 11 is 0. The van der Waals surface area contributed by atoms with Crippen molar-refractivity contribution in [3.8, 4) is 0 Å². The number of hydrogen-bond acceptors (Lipinski definition) is 7. The van der Waals surface area contributed by atoms with Gasteiger partial charge in [-0.1, -0.05) is 0 Å². The smallest absolute Gasteiger partial charge is 0.225 e. The molecule has 4 saturated heterocycles. The van der Waals surface area contributed by atoms with Crippen molar-refractivity contribution in [2.45, 2.75) is 50.7 Å². The number of ether oxygens (including phenoxy) is 2. The zero-order valence-electron chi connectivity index (χ0n) is 17.8. The van der Waals surface area contributed by atoms with Crippen LogP contribution in [0.15, 0.2) is 12.4 Å². The Labute approximate surface area is 178 Å². The van der Waals surface area contributed by atoms with Gasteiger partial charge in [0.05, 0.1) is 13.2 Å². The van der Waals surface area contributed by atoms with Gasteiger partial charge >= 0.3 is 0 Å². The molecule has 4 aliphatic heterocycles. The van der Waals surface area contributed by atoms with Crippen LogP contribution < -0.4 is 9.80 Å². The summed E-state index contributed by atoms with van der Waals surface area (Å²) in [5.41, 5.74) is 0. The fraction of sp³-hybridized carbons (Fsp3) is 0.773. The molecule has 8 heteroatoms. The number of amides is 1. The molecular formula is C22H33N5O3. The lowest BCUT2D eigenvalue weighted by molar-refractivity contribution is -0.188. The molecule has 0 radical (unpaired) electrons. The van der Waals surface area contributed by atoms with Crippen LogP contribution in [0.5, 0.6) is 0 Å². The number of carbonyl (C=O) groups is 1. The Morgan fingerprint density at radius 2 is 1.47 bits per heavy atom. The third kappa shape index (κ3) is 4.12. The molecule has 1 aromatic heterocycles. The van der Waals surface area contributed by atoms with Gasteiger partial charge in [0.15, 0.2) is 5.79 Å². The number of likely N-dealkylation sites (tertiary alicyclic amines) is 1. The Bertz CT molecular complexity index is 730. The largest absolute Gasteiger partial charge is 0.356 e. The number of rotatable bonds is 3. The van der Waals surface area contributed by atoms with E-state index < -0.39 is 5.79 Å². The highest BCUT2D eigenvalue weighted by Crippen LogP contribution is 2.33. The number of hydrogen-bond donors (Lipinski definition) is 0. The quantitative estimate of drug-likeness (QED) is 0.748. The van der Waals surface area contributed by atoms with Crippen molar-refractivity contribution in [2.75, 3.05) is 62.3 Å². The van der Waals surface area contributed by atoms with Crippen LogP contribution in [0, 0.1) is 5.92 Å². The second-order valence-electron chi connectivity index (χ2n) is 8.98. The van der Waals surface area contributed by atoms with Gasteiger partial charge in [0, 0.05) is 64.1 Å². The minimum atomic E-state index is -0.417. The molecule has 1 spiro atoms. The van der Waals surface area contributed by atoms with Crippen LogP contribution in [-0.2, 0) is 14.3 Å². The van der Waals surface area contributed by atoms with Gasteiger partial charge in [0.25, 0.3) is 0 Å². The third-order valence-corrected chi connectivity index (χ3v) is 7.14. The highest BCUT2D eigenvalue weighted by molar-refractivity contribution is 5.79. The van der Waals surface area contributed by atoms with E-state index in [2.05, 4.69) is 25.8 Å². The summed E-state index contributed by atoms with van der Waals surface area (Å²) in [6.07, 6.45) is 8.83. The van der Waals surface area contributed by atoms with E-state index in [1.807, 2.05) is 4.90 Å². The lowest BCUT2D eigenvalue weighted by atomic mass is 9.93. The van der Waals surface area contributed by atoms with Crippen molar-refractivity contribution in [1.29, 1.82) is 0 Å². The minimum absolute atomic E-state index is 0.115. The number of nitrogens with zero attached hydrogens (tertiary/aromatic N) is 5. The number of anilines is 2. The molecule has 0 saturated carbocycles. The number of piperidine rings is 3. The van der Waals surface area contributed by atoms with Gasteiger partial charge < -0.3 is 24.2 Å². The van der Waals surface area contributed by atoms with Gasteiger partial charge in [0.2, 0.25) is 5.91 Å². The summed E-state index contributed by atoms with van der Waals surface area (Å²) < 4.78 is 11.6. The number of carbonyl (C=O) groups excluding carboxylic acids is 1. The maximum atomic E-state index is 13.1. The molecule has 30 heavy (non-hydrogen) atoms. The Morgan fingerprint density at radius 1 is 0.867 bits per heavy atom. The lowest BCUT2D eigenvalue weighted by Gasteiger charge is -2.40. The van der Waals surface area contributed by atoms with Gasteiger partial charge in [-0.3, -0.25) is 4.79 Å². The summed E-state index contributed by atoms with van der Waals surface area (Å²) in [4.78, 5) is 28.8. The van der Waals surface area contributed by atoms with Gasteiger partial charge in [-0.2, -0.15) is 0 Å². The van der Waals surface area contributed by atoms with Crippen LogP contribution in [0.1, 0.15) is 44.9 Å². The highest BCUT2D eigenvalue weighted by atomic mass is 16.7. The molecule has 8 nitrogen and oxygen atoms in total. The summed E-state index contributed by atoms with van der Waals surface area (Å²) in [6, 6.07) is 2.12. The second kappa shape index (κ2) is 8.67. The number of aromatic nitrogens is 2. The molecule has 0 aliphatic carbocycles. The van der Waals surface area contributed by atoms with E-state index in [0.29, 0.717) is 19.1 Å². The maximum absolute atomic E-state index is 13.1. The molecule has 0 unspecified atom stereocenters. The molecule has 0 bridgehead atoms. The first kappa shape index (κ1) is 20.0. The Kier molecular flexibility index (Phi) is 5.78. The first-order valence-electron chi connectivity index (χ1n) is 11.6. The molecule has 0 atom stereocenters. The third-order valence-electron chi connectivity index (χ3n) is 7.14. The van der Waals surface area contributed by atoms with E-state index in [1.165, 1.54) is 19.3 Å². The molecule has 164 valence electrons. The zero-order chi connectivity index (χ0) is 20.4. The van der Waals surface area contributed by atoms with Gasteiger partial charge in [-0.05, 0) is 32.1 Å². The molecule has 4 aliphatic rings.